The summed E-state index contributed by atoms with van der Waals surface area (Å²) in [6, 6.07) is 11.9. The van der Waals surface area contributed by atoms with Crippen molar-refractivity contribution in [2.24, 2.45) is 16.6 Å². The molecule has 1 amide bonds. The van der Waals surface area contributed by atoms with Crippen molar-refractivity contribution in [1.29, 1.82) is 0 Å². The van der Waals surface area contributed by atoms with Gasteiger partial charge in [-0.05, 0) is 68.0 Å². The molecule has 1 fully saturated rings. The third-order valence-corrected chi connectivity index (χ3v) is 4.98. The fourth-order valence-corrected chi connectivity index (χ4v) is 2.95. The van der Waals surface area contributed by atoms with E-state index in [1.54, 1.807) is 18.2 Å². The lowest BCUT2D eigenvalue weighted by atomic mass is 10.1. The van der Waals surface area contributed by atoms with Gasteiger partial charge in [0.1, 0.15) is 0 Å². The van der Waals surface area contributed by atoms with Crippen molar-refractivity contribution < 1.29 is 13.9 Å². The molecule has 3 rings (SSSR count). The number of nitrogens with one attached hydrogen (secondary N) is 2. The first-order chi connectivity index (χ1) is 14.5. The number of guanidine groups is 1. The number of rotatable bonds is 9. The smallest absolute Gasteiger partial charge is 0.248 e. The molecular weight excluding hydrogens is 510 g/mol. The molecule has 1 aliphatic rings. The highest BCUT2D eigenvalue weighted by Gasteiger charge is 2.22. The van der Waals surface area contributed by atoms with Gasteiger partial charge >= 0.3 is 0 Å². The van der Waals surface area contributed by atoms with E-state index in [9.17, 15) is 9.18 Å². The van der Waals surface area contributed by atoms with E-state index in [4.69, 9.17) is 10.5 Å². The van der Waals surface area contributed by atoms with Crippen LogP contribution in [-0.4, -0.2) is 25.0 Å². The first-order valence-electron chi connectivity index (χ1n) is 10.3. The Morgan fingerprint density at radius 3 is 2.55 bits per heavy atom. The van der Waals surface area contributed by atoms with E-state index in [0.29, 0.717) is 42.9 Å². The van der Waals surface area contributed by atoms with Crippen LogP contribution in [-0.2, 0) is 6.54 Å². The molecule has 2 aromatic carbocycles. The standard InChI is InChI=1S/C23H29FN4O2.HI/c1-3-26-23(27-13-16-6-8-18(9-7-16)22(25)29)28-15(2)19-10-11-21(20(24)12-19)30-14-17-4-5-17;/h6-12,15,17H,3-5,13-14H2,1-2H3,(H2,25,29)(H2,26,27,28);1H. The third kappa shape index (κ3) is 7.68. The average molecular weight is 540 g/mol. The summed E-state index contributed by atoms with van der Waals surface area (Å²) in [6.07, 6.45) is 2.34. The first-order valence-corrected chi connectivity index (χ1v) is 10.3. The molecule has 168 valence electrons. The summed E-state index contributed by atoms with van der Waals surface area (Å²) in [5.41, 5.74) is 7.49. The van der Waals surface area contributed by atoms with Gasteiger partial charge < -0.3 is 21.1 Å². The van der Waals surface area contributed by atoms with Crippen molar-refractivity contribution in [3.05, 3.63) is 65.0 Å². The van der Waals surface area contributed by atoms with Crippen LogP contribution in [0.2, 0.25) is 0 Å². The van der Waals surface area contributed by atoms with Crippen molar-refractivity contribution >= 4 is 35.8 Å². The van der Waals surface area contributed by atoms with E-state index in [-0.39, 0.29) is 35.8 Å². The molecule has 1 unspecified atom stereocenters. The molecule has 1 atom stereocenters. The van der Waals surface area contributed by atoms with Gasteiger partial charge in [0, 0.05) is 12.1 Å². The molecule has 2 aromatic rings. The van der Waals surface area contributed by atoms with E-state index >= 15 is 0 Å². The Hall–Kier alpha value is -2.36. The van der Waals surface area contributed by atoms with Crippen molar-refractivity contribution in [2.75, 3.05) is 13.2 Å². The minimum atomic E-state index is -0.454. The van der Waals surface area contributed by atoms with Crippen LogP contribution in [0, 0.1) is 11.7 Å². The SMILES string of the molecule is CCNC(=NCc1ccc(C(N)=O)cc1)NC(C)c1ccc(OCC2CC2)c(F)c1.I. The lowest BCUT2D eigenvalue weighted by Gasteiger charge is -2.19. The predicted octanol–water partition coefficient (Wildman–Crippen LogP) is 4.15. The van der Waals surface area contributed by atoms with Gasteiger partial charge in [-0.15, -0.1) is 24.0 Å². The van der Waals surface area contributed by atoms with Crippen molar-refractivity contribution in [1.82, 2.24) is 10.6 Å². The van der Waals surface area contributed by atoms with Crippen LogP contribution in [0.25, 0.3) is 0 Å². The molecule has 0 aliphatic heterocycles. The Balaban J connectivity index is 0.00000341. The molecule has 31 heavy (non-hydrogen) atoms. The lowest BCUT2D eigenvalue weighted by molar-refractivity contribution is 0.100. The highest BCUT2D eigenvalue weighted by molar-refractivity contribution is 14.0. The van der Waals surface area contributed by atoms with Gasteiger partial charge in [-0.25, -0.2) is 9.38 Å². The fourth-order valence-electron chi connectivity index (χ4n) is 2.95. The zero-order chi connectivity index (χ0) is 21.5. The Morgan fingerprint density at radius 2 is 1.97 bits per heavy atom. The molecule has 1 saturated carbocycles. The van der Waals surface area contributed by atoms with Crippen LogP contribution < -0.4 is 21.1 Å². The number of nitrogens with zero attached hydrogens (tertiary/aromatic N) is 1. The Morgan fingerprint density at radius 1 is 1.26 bits per heavy atom. The van der Waals surface area contributed by atoms with E-state index in [1.165, 1.54) is 18.9 Å². The quantitative estimate of drug-likeness (QED) is 0.254. The normalized spacial score (nSPS) is 14.4. The molecule has 0 saturated heterocycles. The second kappa shape index (κ2) is 11.9. The molecule has 0 aromatic heterocycles. The number of carbonyl (C=O) groups excluding carboxylic acids is 1. The zero-order valence-electron chi connectivity index (χ0n) is 17.9. The summed E-state index contributed by atoms with van der Waals surface area (Å²) in [7, 11) is 0. The van der Waals surface area contributed by atoms with E-state index in [2.05, 4.69) is 15.6 Å². The monoisotopic (exact) mass is 540 g/mol. The van der Waals surface area contributed by atoms with Crippen LogP contribution in [0.1, 0.15) is 54.2 Å². The summed E-state index contributed by atoms with van der Waals surface area (Å²) in [4.78, 5) is 15.8. The topological polar surface area (TPSA) is 88.7 Å². The van der Waals surface area contributed by atoms with Crippen LogP contribution in [0.3, 0.4) is 0 Å². The molecule has 0 bridgehead atoms. The molecule has 4 N–H and O–H groups in total. The number of hydrogen-bond acceptors (Lipinski definition) is 3. The number of halogens is 2. The Kier molecular flexibility index (Phi) is 9.54. The number of benzene rings is 2. The maximum absolute atomic E-state index is 14.4. The van der Waals surface area contributed by atoms with Gasteiger partial charge in [-0.1, -0.05) is 18.2 Å². The summed E-state index contributed by atoms with van der Waals surface area (Å²) >= 11 is 0. The van der Waals surface area contributed by atoms with Crippen LogP contribution in [0.4, 0.5) is 4.39 Å². The number of primary amides is 1. The minimum absolute atomic E-state index is 0. The van der Waals surface area contributed by atoms with Crippen LogP contribution >= 0.6 is 24.0 Å². The second-order valence-electron chi connectivity index (χ2n) is 7.57. The first kappa shape index (κ1) is 24.9. The molecule has 0 radical (unpaired) electrons. The molecular formula is C23H30FIN4O2. The maximum Gasteiger partial charge on any atom is 0.248 e. The molecule has 0 spiro atoms. The van der Waals surface area contributed by atoms with E-state index < -0.39 is 5.91 Å². The summed E-state index contributed by atoms with van der Waals surface area (Å²) in [5.74, 6) is 0.704. The molecule has 0 heterocycles. The maximum atomic E-state index is 14.4. The lowest BCUT2D eigenvalue weighted by Crippen LogP contribution is -2.38. The summed E-state index contributed by atoms with van der Waals surface area (Å²) < 4.78 is 20.0. The zero-order valence-corrected chi connectivity index (χ0v) is 20.2. The number of amides is 1. The summed E-state index contributed by atoms with van der Waals surface area (Å²) in [5, 5.41) is 6.49. The Labute approximate surface area is 199 Å². The number of ether oxygens (including phenoxy) is 1. The molecule has 6 nitrogen and oxygen atoms in total. The number of hydrogen-bond donors (Lipinski definition) is 3. The fraction of sp³-hybridized carbons (Fsp3) is 0.391. The van der Waals surface area contributed by atoms with E-state index in [1.807, 2.05) is 32.0 Å². The van der Waals surface area contributed by atoms with Gasteiger partial charge in [-0.3, -0.25) is 4.79 Å². The Bertz CT molecular complexity index is 901. The van der Waals surface area contributed by atoms with Crippen LogP contribution in [0.15, 0.2) is 47.5 Å². The van der Waals surface area contributed by atoms with Gasteiger partial charge in [-0.2, -0.15) is 0 Å². The second-order valence-corrected chi connectivity index (χ2v) is 7.57. The van der Waals surface area contributed by atoms with Gasteiger partial charge in [0.25, 0.3) is 0 Å². The number of aliphatic imine (C=N–C) groups is 1. The highest BCUT2D eigenvalue weighted by Crippen LogP contribution is 2.30. The highest BCUT2D eigenvalue weighted by atomic mass is 127. The molecule has 8 heteroatoms. The third-order valence-electron chi connectivity index (χ3n) is 4.98. The number of nitrogens with two attached hydrogens (primary N) is 1. The van der Waals surface area contributed by atoms with Crippen molar-refractivity contribution in [3.63, 3.8) is 0 Å². The predicted molar refractivity (Wildman–Crippen MR) is 131 cm³/mol. The number of carbonyl (C=O) groups is 1. The van der Waals surface area contributed by atoms with E-state index in [0.717, 1.165) is 11.1 Å². The van der Waals surface area contributed by atoms with Gasteiger partial charge in [0.2, 0.25) is 5.91 Å². The van der Waals surface area contributed by atoms with Crippen molar-refractivity contribution in [2.45, 2.75) is 39.3 Å². The van der Waals surface area contributed by atoms with Gasteiger partial charge in [0.05, 0.1) is 19.2 Å². The minimum Gasteiger partial charge on any atom is -0.490 e. The summed E-state index contributed by atoms with van der Waals surface area (Å²) in [6.45, 7) is 5.65. The average Bonchev–Trinajstić information content (AvgIpc) is 3.56. The largest absolute Gasteiger partial charge is 0.490 e. The molecule has 1 aliphatic carbocycles. The van der Waals surface area contributed by atoms with Crippen LogP contribution in [0.5, 0.6) is 5.75 Å². The van der Waals surface area contributed by atoms with Gasteiger partial charge in [0.15, 0.2) is 17.5 Å². The van der Waals surface area contributed by atoms with Crippen molar-refractivity contribution in [3.8, 4) is 5.75 Å².